The maximum Gasteiger partial charge on any atom is 0.353 e. The fourth-order valence-electron chi connectivity index (χ4n) is 4.34. The predicted molar refractivity (Wildman–Crippen MR) is 117 cm³/mol. The third-order valence-corrected chi connectivity index (χ3v) is 6.07. The van der Waals surface area contributed by atoms with Crippen LogP contribution in [0.4, 0.5) is 14.5 Å². The number of carbonyl (C=O) groups is 1. The lowest BCUT2D eigenvalue weighted by atomic mass is 10.00. The second-order valence-electron chi connectivity index (χ2n) is 8.24. The molecule has 34 heavy (non-hydrogen) atoms. The fraction of sp³-hybridized carbons (Fsp3) is 0.167. The molecule has 0 spiro atoms. The first-order valence-corrected chi connectivity index (χ1v) is 10.5. The number of hydrogen-bond donors (Lipinski definition) is 3. The Kier molecular flexibility index (Phi) is 5.00. The highest BCUT2D eigenvalue weighted by molar-refractivity contribution is 6.08. The third kappa shape index (κ3) is 3.53. The molecule has 4 aromatic rings. The molecule has 0 radical (unpaired) electrons. The molecule has 2 aromatic carbocycles. The summed E-state index contributed by atoms with van der Waals surface area (Å²) in [5, 5.41) is 19.7. The molecule has 172 valence electrons. The molecule has 2 aromatic heterocycles. The Morgan fingerprint density at radius 1 is 1.15 bits per heavy atom. The van der Waals surface area contributed by atoms with Crippen molar-refractivity contribution in [3.05, 3.63) is 92.4 Å². The Bertz CT molecular complexity index is 1550. The minimum absolute atomic E-state index is 0.0182. The number of benzene rings is 2. The van der Waals surface area contributed by atoms with Crippen LogP contribution in [0.2, 0.25) is 0 Å². The first kappa shape index (κ1) is 21.5. The van der Waals surface area contributed by atoms with Crippen LogP contribution < -0.4 is 5.56 Å². The first-order chi connectivity index (χ1) is 16.3. The summed E-state index contributed by atoms with van der Waals surface area (Å²) in [6.45, 7) is -0.390. The molecule has 0 atom stereocenters. The van der Waals surface area contributed by atoms with Gasteiger partial charge in [0.05, 0.1) is 17.0 Å². The number of aromatic nitrogens is 2. The summed E-state index contributed by atoms with van der Waals surface area (Å²) < 4.78 is 30.8. The standard InChI is InChI=1S/C24H17F2N3O5/c25-18-6-5-14(29(33)34)8-13(18)11-28-20-10-19(26)16(12-3-4-12)9-17(20)21(22(28)24(31)32)15-2-1-7-27-23(15)30/h1-2,5-10,12H,3-4,11H2,(H2-,27,30,31,32,33,34)/p+1. The molecule has 1 aliphatic carbocycles. The van der Waals surface area contributed by atoms with Gasteiger partial charge in [0, 0.05) is 40.4 Å². The number of fused-ring (bicyclic) bond motifs is 1. The highest BCUT2D eigenvalue weighted by atomic mass is 19.1. The van der Waals surface area contributed by atoms with Crippen LogP contribution in [-0.4, -0.2) is 30.8 Å². The van der Waals surface area contributed by atoms with Gasteiger partial charge in [0.2, 0.25) is 0 Å². The van der Waals surface area contributed by atoms with Crippen molar-refractivity contribution in [2.45, 2.75) is 25.3 Å². The van der Waals surface area contributed by atoms with Crippen molar-refractivity contribution in [1.29, 1.82) is 0 Å². The fourth-order valence-corrected chi connectivity index (χ4v) is 4.34. The van der Waals surface area contributed by atoms with Crippen LogP contribution in [0.1, 0.15) is 40.4 Å². The number of halogens is 2. The van der Waals surface area contributed by atoms with Gasteiger partial charge in [-0.2, -0.15) is 0 Å². The van der Waals surface area contributed by atoms with Crippen LogP contribution in [0.15, 0.2) is 53.5 Å². The van der Waals surface area contributed by atoms with Crippen molar-refractivity contribution in [3.8, 4) is 11.1 Å². The van der Waals surface area contributed by atoms with Crippen molar-refractivity contribution >= 4 is 22.6 Å². The van der Waals surface area contributed by atoms with Gasteiger partial charge in [-0.3, -0.25) is 4.79 Å². The predicted octanol–water partition coefficient (Wildman–Crippen LogP) is 4.70. The van der Waals surface area contributed by atoms with Gasteiger partial charge in [0.1, 0.15) is 17.3 Å². The number of aromatic carboxylic acids is 1. The van der Waals surface area contributed by atoms with Gasteiger partial charge < -0.3 is 14.7 Å². The Morgan fingerprint density at radius 3 is 2.56 bits per heavy atom. The van der Waals surface area contributed by atoms with Gasteiger partial charge in [-0.1, -0.05) is 0 Å². The van der Waals surface area contributed by atoms with E-state index < -0.39 is 34.6 Å². The quantitative estimate of drug-likeness (QED) is 0.357. The number of nitrogens with zero attached hydrogens (tertiary/aromatic N) is 2. The average molecular weight is 466 g/mol. The number of pyridine rings is 1. The molecular formula is C24H18F2N3O5+. The van der Waals surface area contributed by atoms with E-state index in [1.54, 1.807) is 12.1 Å². The number of aromatic amines is 1. The minimum atomic E-state index is -1.40. The number of carboxylic acid groups (broad SMARTS) is 1. The lowest BCUT2D eigenvalue weighted by molar-refractivity contribution is -0.729. The van der Waals surface area contributed by atoms with E-state index in [0.717, 1.165) is 31.0 Å². The topological polar surface area (TPSA) is 115 Å². The average Bonchev–Trinajstić information content (AvgIpc) is 3.59. The van der Waals surface area contributed by atoms with Crippen LogP contribution in [0.25, 0.3) is 22.0 Å². The summed E-state index contributed by atoms with van der Waals surface area (Å²) in [7, 11) is 0. The van der Waals surface area contributed by atoms with Crippen molar-refractivity contribution in [2.24, 2.45) is 0 Å². The maximum absolute atomic E-state index is 15.0. The van der Waals surface area contributed by atoms with Crippen molar-refractivity contribution in [3.63, 3.8) is 0 Å². The Morgan fingerprint density at radius 2 is 1.91 bits per heavy atom. The smallest absolute Gasteiger partial charge is 0.353 e. The molecule has 1 fully saturated rings. The van der Waals surface area contributed by atoms with E-state index in [1.165, 1.54) is 22.9 Å². The number of carboxylic acids is 1. The summed E-state index contributed by atoms with van der Waals surface area (Å²) >= 11 is 0. The zero-order valence-corrected chi connectivity index (χ0v) is 17.6. The molecule has 0 unspecified atom stereocenters. The van der Waals surface area contributed by atoms with Crippen LogP contribution in [-0.2, 0) is 6.54 Å². The van der Waals surface area contributed by atoms with Crippen molar-refractivity contribution in [1.82, 2.24) is 9.55 Å². The summed E-state index contributed by atoms with van der Waals surface area (Å²) in [6, 6.07) is 8.87. The lowest BCUT2D eigenvalue weighted by Gasteiger charge is -2.10. The zero-order valence-electron chi connectivity index (χ0n) is 17.6. The third-order valence-electron chi connectivity index (χ3n) is 6.07. The molecule has 0 saturated heterocycles. The van der Waals surface area contributed by atoms with E-state index in [2.05, 4.69) is 4.98 Å². The molecular weight excluding hydrogens is 448 g/mol. The first-order valence-electron chi connectivity index (χ1n) is 10.5. The van der Waals surface area contributed by atoms with E-state index >= 15 is 4.39 Å². The van der Waals surface area contributed by atoms with Crippen molar-refractivity contribution in [2.75, 3.05) is 0 Å². The second-order valence-corrected chi connectivity index (χ2v) is 8.24. The number of nitrogens with one attached hydrogen (secondary N) is 1. The van der Waals surface area contributed by atoms with Gasteiger partial charge in [0.15, 0.2) is 0 Å². The molecule has 0 aliphatic heterocycles. The minimum Gasteiger partial charge on any atom is -0.477 e. The van der Waals surface area contributed by atoms with Crippen LogP contribution in [0.5, 0.6) is 0 Å². The molecule has 5 rings (SSSR count). The molecule has 0 bridgehead atoms. The molecule has 3 N–H and O–H groups in total. The lowest BCUT2D eigenvalue weighted by Crippen LogP contribution is -2.14. The summed E-state index contributed by atoms with van der Waals surface area (Å²) in [5.74, 6) is -2.65. The van der Waals surface area contributed by atoms with Gasteiger partial charge in [-0.05, 0) is 54.7 Å². The highest BCUT2D eigenvalue weighted by Gasteiger charge is 2.31. The number of rotatable bonds is 6. The van der Waals surface area contributed by atoms with E-state index in [9.17, 15) is 29.2 Å². The van der Waals surface area contributed by atoms with Gasteiger partial charge in [-0.25, -0.2) is 18.8 Å². The molecule has 10 heteroatoms. The molecule has 1 saturated carbocycles. The summed E-state index contributed by atoms with van der Waals surface area (Å²) in [6.07, 6.45) is 3.02. The highest BCUT2D eigenvalue weighted by Crippen LogP contribution is 2.44. The molecule has 0 amide bonds. The van der Waals surface area contributed by atoms with Crippen molar-refractivity contribution < 1.29 is 28.8 Å². The molecule has 1 aliphatic rings. The number of hydrogen-bond acceptors (Lipinski definition) is 3. The normalized spacial score (nSPS) is 13.4. The second kappa shape index (κ2) is 7.91. The van der Waals surface area contributed by atoms with Gasteiger partial charge in [0.25, 0.3) is 10.5 Å². The summed E-state index contributed by atoms with van der Waals surface area (Å²) in [4.78, 5) is 38.4. The maximum atomic E-state index is 15.0. The van der Waals surface area contributed by atoms with E-state index in [0.29, 0.717) is 10.9 Å². The van der Waals surface area contributed by atoms with Crippen LogP contribution in [0, 0.1) is 16.5 Å². The molecule has 8 nitrogen and oxygen atoms in total. The Hall–Kier alpha value is -4.34. The van der Waals surface area contributed by atoms with E-state index in [1.807, 2.05) is 0 Å². The summed E-state index contributed by atoms with van der Waals surface area (Å²) in [5.41, 5.74) is -0.457. The molecule has 2 heterocycles. The zero-order chi connectivity index (χ0) is 24.1. The van der Waals surface area contributed by atoms with Gasteiger partial charge >= 0.3 is 11.7 Å². The largest absolute Gasteiger partial charge is 0.477 e. The van der Waals surface area contributed by atoms with Crippen LogP contribution >= 0.6 is 0 Å². The van der Waals surface area contributed by atoms with E-state index in [4.69, 9.17) is 0 Å². The van der Waals surface area contributed by atoms with E-state index in [-0.39, 0.29) is 39.5 Å². The SMILES string of the molecule is O=C(O)c1c(-c2ccc[nH]c2=O)c2cc(C3CC3)c(F)cc2n1Cc1cc([N+](=O)O)ccc1F. The Balaban J connectivity index is 1.84. The van der Waals surface area contributed by atoms with Crippen LogP contribution in [0.3, 0.4) is 0 Å². The number of H-pyrrole nitrogens is 1. The Labute approximate surface area is 190 Å². The monoisotopic (exact) mass is 466 g/mol. The van der Waals surface area contributed by atoms with Gasteiger partial charge in [-0.15, -0.1) is 0 Å².